The third-order valence-electron chi connectivity index (χ3n) is 5.50. The molecule has 0 fully saturated rings. The van der Waals surface area contributed by atoms with E-state index in [4.69, 9.17) is 4.42 Å². The van der Waals surface area contributed by atoms with Crippen LogP contribution in [0, 0.1) is 21.8 Å². The van der Waals surface area contributed by atoms with Gasteiger partial charge in [-0.3, -0.25) is 24.6 Å². The van der Waals surface area contributed by atoms with E-state index in [1.807, 2.05) is 13.8 Å². The summed E-state index contributed by atoms with van der Waals surface area (Å²) in [6.45, 7) is 4.07. The predicted molar refractivity (Wildman–Crippen MR) is 123 cm³/mol. The highest BCUT2D eigenvalue weighted by Gasteiger charge is 2.45. The molecule has 0 N–H and O–H groups in total. The lowest BCUT2D eigenvalue weighted by Crippen LogP contribution is -2.29. The van der Waals surface area contributed by atoms with Gasteiger partial charge in [-0.2, -0.15) is 0 Å². The van der Waals surface area contributed by atoms with E-state index in [0.29, 0.717) is 17.9 Å². The van der Waals surface area contributed by atoms with E-state index in [9.17, 15) is 24.1 Å². The van der Waals surface area contributed by atoms with E-state index < -0.39 is 28.1 Å². The van der Waals surface area contributed by atoms with Gasteiger partial charge in [-0.1, -0.05) is 25.2 Å². The van der Waals surface area contributed by atoms with Gasteiger partial charge in [0.1, 0.15) is 16.4 Å². The lowest BCUT2D eigenvalue weighted by molar-refractivity contribution is -0.384. The fourth-order valence-corrected chi connectivity index (χ4v) is 5.09. The highest BCUT2D eigenvalue weighted by molar-refractivity contribution is 7.15. The summed E-state index contributed by atoms with van der Waals surface area (Å²) in [5.41, 5.74) is -0.135. The van der Waals surface area contributed by atoms with Crippen molar-refractivity contribution in [2.45, 2.75) is 26.3 Å². The van der Waals surface area contributed by atoms with E-state index in [1.165, 1.54) is 46.6 Å². The number of rotatable bonds is 5. The van der Waals surface area contributed by atoms with Crippen molar-refractivity contribution in [3.8, 4) is 0 Å². The molecule has 1 aliphatic rings. The second-order valence-corrected chi connectivity index (χ2v) is 9.36. The van der Waals surface area contributed by atoms with Crippen LogP contribution in [0.25, 0.3) is 11.0 Å². The van der Waals surface area contributed by atoms with Crippen LogP contribution in [0.3, 0.4) is 0 Å². The van der Waals surface area contributed by atoms with Gasteiger partial charge in [0.25, 0.3) is 11.6 Å². The molecular weight excluding hydrogens is 463 g/mol. The Hall–Kier alpha value is -3.99. The SMILES string of the molecule is CC(C)Cc1nnc(N2C(=O)c3oc4ccc(F)cc4c(=O)c3C2c2ccc([N+](=O)[O-])cc2)s1. The maximum absolute atomic E-state index is 13.9. The third kappa shape index (κ3) is 3.54. The van der Waals surface area contributed by atoms with Crippen LogP contribution in [0.1, 0.15) is 46.6 Å². The van der Waals surface area contributed by atoms with Crippen molar-refractivity contribution in [3.05, 3.63) is 90.5 Å². The molecule has 9 nitrogen and oxygen atoms in total. The minimum atomic E-state index is -0.966. The average Bonchev–Trinajstić information content (AvgIpc) is 3.36. The van der Waals surface area contributed by atoms with Gasteiger partial charge in [-0.25, -0.2) is 4.39 Å². The fourth-order valence-electron chi connectivity index (χ4n) is 4.01. The van der Waals surface area contributed by atoms with Gasteiger partial charge in [-0.15, -0.1) is 10.2 Å². The molecule has 0 radical (unpaired) electrons. The zero-order valence-electron chi connectivity index (χ0n) is 18.0. The van der Waals surface area contributed by atoms with Crippen molar-refractivity contribution >= 4 is 39.0 Å². The number of anilines is 1. The van der Waals surface area contributed by atoms with Gasteiger partial charge in [0, 0.05) is 18.6 Å². The molecule has 2 aromatic heterocycles. The predicted octanol–water partition coefficient (Wildman–Crippen LogP) is 4.64. The summed E-state index contributed by atoms with van der Waals surface area (Å²) in [7, 11) is 0. The Balaban J connectivity index is 1.73. The lowest BCUT2D eigenvalue weighted by atomic mass is 9.98. The first kappa shape index (κ1) is 21.8. The Kier molecular flexibility index (Phi) is 5.20. The fraction of sp³-hybridized carbons (Fsp3) is 0.217. The van der Waals surface area contributed by atoms with Crippen LogP contribution in [0.4, 0.5) is 15.2 Å². The number of nitro benzene ring substituents is 1. The van der Waals surface area contributed by atoms with Crippen molar-refractivity contribution in [1.29, 1.82) is 0 Å². The summed E-state index contributed by atoms with van der Waals surface area (Å²) >= 11 is 1.22. The number of carbonyl (C=O) groups excluding carboxylic acids is 1. The maximum Gasteiger partial charge on any atom is 0.297 e. The zero-order valence-corrected chi connectivity index (χ0v) is 18.8. The Morgan fingerprint density at radius 2 is 1.91 bits per heavy atom. The van der Waals surface area contributed by atoms with E-state index >= 15 is 0 Å². The van der Waals surface area contributed by atoms with Crippen LogP contribution < -0.4 is 10.3 Å². The molecule has 0 saturated heterocycles. The number of fused-ring (bicyclic) bond motifs is 2. The highest BCUT2D eigenvalue weighted by atomic mass is 32.1. The number of hydrogen-bond acceptors (Lipinski definition) is 8. The molecule has 0 saturated carbocycles. The minimum Gasteiger partial charge on any atom is -0.450 e. The molecule has 11 heteroatoms. The van der Waals surface area contributed by atoms with E-state index in [1.54, 1.807) is 0 Å². The molecule has 172 valence electrons. The van der Waals surface area contributed by atoms with Gasteiger partial charge in [-0.05, 0) is 41.8 Å². The van der Waals surface area contributed by atoms with Crippen LogP contribution in [-0.4, -0.2) is 21.0 Å². The zero-order chi connectivity index (χ0) is 24.1. The Morgan fingerprint density at radius 1 is 1.18 bits per heavy atom. The Bertz CT molecular complexity index is 1510. The van der Waals surface area contributed by atoms with Gasteiger partial charge < -0.3 is 4.42 Å². The summed E-state index contributed by atoms with van der Waals surface area (Å²) in [6.07, 6.45) is 0.662. The number of hydrogen-bond donors (Lipinski definition) is 0. The average molecular weight is 480 g/mol. The number of nitro groups is 1. The van der Waals surface area contributed by atoms with Crippen molar-refractivity contribution in [2.75, 3.05) is 4.90 Å². The Labute approximate surface area is 195 Å². The van der Waals surface area contributed by atoms with E-state index in [-0.39, 0.29) is 33.1 Å². The highest BCUT2D eigenvalue weighted by Crippen LogP contribution is 2.42. The molecule has 2 aromatic carbocycles. The smallest absolute Gasteiger partial charge is 0.297 e. The first-order valence-electron chi connectivity index (χ1n) is 10.4. The number of amides is 1. The van der Waals surface area contributed by atoms with Crippen molar-refractivity contribution < 1.29 is 18.5 Å². The van der Waals surface area contributed by atoms with Gasteiger partial charge in [0.2, 0.25) is 10.9 Å². The summed E-state index contributed by atoms with van der Waals surface area (Å²) < 4.78 is 19.7. The van der Waals surface area contributed by atoms with Gasteiger partial charge in [0.05, 0.1) is 21.9 Å². The molecule has 1 atom stereocenters. The van der Waals surface area contributed by atoms with Crippen molar-refractivity contribution in [3.63, 3.8) is 0 Å². The standard InChI is InChI=1S/C23H17FN4O5S/c1-11(2)9-17-25-26-23(34-17)27-19(12-3-6-14(7-4-12)28(31)32)18-20(29)15-10-13(24)5-8-16(15)33-21(18)22(27)30/h3-8,10-11,19H,9H2,1-2H3. The van der Waals surface area contributed by atoms with Gasteiger partial charge >= 0.3 is 0 Å². The third-order valence-corrected chi connectivity index (χ3v) is 6.44. The number of halogens is 1. The second kappa shape index (κ2) is 8.10. The normalized spacial score (nSPS) is 15.4. The number of non-ortho nitro benzene ring substituents is 1. The second-order valence-electron chi connectivity index (χ2n) is 8.32. The molecule has 5 rings (SSSR count). The molecular formula is C23H17FN4O5S. The number of aromatic nitrogens is 2. The van der Waals surface area contributed by atoms with Crippen LogP contribution >= 0.6 is 11.3 Å². The summed E-state index contributed by atoms with van der Waals surface area (Å²) in [5.74, 6) is -1.06. The lowest BCUT2D eigenvalue weighted by Gasteiger charge is -2.21. The van der Waals surface area contributed by atoms with Crippen molar-refractivity contribution in [2.24, 2.45) is 5.92 Å². The number of nitrogens with zero attached hydrogens (tertiary/aromatic N) is 4. The first-order valence-corrected chi connectivity index (χ1v) is 11.2. The minimum absolute atomic E-state index is 0.00178. The van der Waals surface area contributed by atoms with Gasteiger partial charge in [0.15, 0.2) is 5.43 Å². The molecule has 4 aromatic rings. The number of benzene rings is 2. The maximum atomic E-state index is 13.9. The Morgan fingerprint density at radius 3 is 2.59 bits per heavy atom. The largest absolute Gasteiger partial charge is 0.450 e. The monoisotopic (exact) mass is 480 g/mol. The molecule has 1 amide bonds. The summed E-state index contributed by atoms with van der Waals surface area (Å²) in [4.78, 5) is 38.8. The molecule has 1 unspecified atom stereocenters. The summed E-state index contributed by atoms with van der Waals surface area (Å²) in [5, 5.41) is 20.5. The van der Waals surface area contributed by atoms with E-state index in [0.717, 1.165) is 17.1 Å². The van der Waals surface area contributed by atoms with Crippen LogP contribution in [-0.2, 0) is 6.42 Å². The molecule has 1 aliphatic heterocycles. The summed E-state index contributed by atoms with van der Waals surface area (Å²) in [6, 6.07) is 8.08. The first-order chi connectivity index (χ1) is 16.2. The molecule has 0 bridgehead atoms. The van der Waals surface area contributed by atoms with E-state index in [2.05, 4.69) is 10.2 Å². The number of carbonyl (C=O) groups is 1. The molecule has 0 spiro atoms. The van der Waals surface area contributed by atoms with Crippen LogP contribution in [0.5, 0.6) is 0 Å². The molecule has 3 heterocycles. The molecule has 34 heavy (non-hydrogen) atoms. The van der Waals surface area contributed by atoms with Crippen LogP contribution in [0.15, 0.2) is 51.7 Å². The topological polar surface area (TPSA) is 119 Å². The van der Waals surface area contributed by atoms with Crippen LogP contribution in [0.2, 0.25) is 0 Å². The quantitative estimate of drug-likeness (QED) is 0.301. The van der Waals surface area contributed by atoms with Crippen molar-refractivity contribution in [1.82, 2.24) is 10.2 Å². The molecule has 0 aliphatic carbocycles.